The molecule has 0 atom stereocenters. The second-order valence-electron chi connectivity index (χ2n) is 6.18. The van der Waals surface area contributed by atoms with E-state index < -0.39 is 17.4 Å². The molecule has 0 fully saturated rings. The Morgan fingerprint density at radius 1 is 1.28 bits per heavy atom. The Kier molecular flexibility index (Phi) is 6.27. The SMILES string of the molecule is Cc1[nH]c(=O)n(C)c(=O)c1CCc1nnc(SCC(=O)Nc2ccccc2F)o1. The molecule has 2 aromatic heterocycles. The second kappa shape index (κ2) is 8.86. The molecule has 2 heterocycles. The lowest BCUT2D eigenvalue weighted by Gasteiger charge is -2.05. The third-order valence-corrected chi connectivity index (χ3v) is 4.94. The van der Waals surface area contributed by atoms with Gasteiger partial charge in [-0.2, -0.15) is 0 Å². The molecule has 1 amide bonds. The normalized spacial score (nSPS) is 10.9. The van der Waals surface area contributed by atoms with Crippen LogP contribution in [0.4, 0.5) is 10.1 Å². The first-order valence-electron chi connectivity index (χ1n) is 8.63. The van der Waals surface area contributed by atoms with Crippen LogP contribution in [-0.2, 0) is 24.7 Å². The van der Waals surface area contributed by atoms with Crippen molar-refractivity contribution in [2.75, 3.05) is 11.1 Å². The molecule has 0 saturated heterocycles. The summed E-state index contributed by atoms with van der Waals surface area (Å²) >= 11 is 1.02. The fourth-order valence-electron chi connectivity index (χ4n) is 2.57. The van der Waals surface area contributed by atoms with E-state index >= 15 is 0 Å². The first kappa shape index (κ1) is 20.5. The molecule has 1 aromatic carbocycles. The van der Waals surface area contributed by atoms with E-state index in [9.17, 15) is 18.8 Å². The quantitative estimate of drug-likeness (QED) is 0.555. The molecule has 0 spiro atoms. The Morgan fingerprint density at radius 2 is 2.03 bits per heavy atom. The minimum atomic E-state index is -0.519. The molecular weight excluding hydrogens is 401 g/mol. The van der Waals surface area contributed by atoms with Crippen molar-refractivity contribution in [3.8, 4) is 0 Å². The Morgan fingerprint density at radius 3 is 2.79 bits per heavy atom. The van der Waals surface area contributed by atoms with Crippen molar-refractivity contribution >= 4 is 23.4 Å². The first-order chi connectivity index (χ1) is 13.8. The molecule has 0 aliphatic carbocycles. The summed E-state index contributed by atoms with van der Waals surface area (Å²) in [5.74, 6) is -0.660. The summed E-state index contributed by atoms with van der Waals surface area (Å²) in [7, 11) is 1.40. The highest BCUT2D eigenvalue weighted by atomic mass is 32.2. The highest BCUT2D eigenvalue weighted by molar-refractivity contribution is 7.99. The van der Waals surface area contributed by atoms with Gasteiger partial charge in [-0.3, -0.25) is 14.2 Å². The largest absolute Gasteiger partial charge is 0.416 e. The number of aryl methyl sites for hydroxylation is 2. The lowest BCUT2D eigenvalue weighted by Crippen LogP contribution is -2.36. The van der Waals surface area contributed by atoms with Crippen LogP contribution >= 0.6 is 11.8 Å². The minimum Gasteiger partial charge on any atom is -0.416 e. The molecule has 0 radical (unpaired) electrons. The zero-order valence-electron chi connectivity index (χ0n) is 15.7. The minimum absolute atomic E-state index is 0.0322. The van der Waals surface area contributed by atoms with Gasteiger partial charge in [0.25, 0.3) is 10.8 Å². The molecule has 0 aliphatic rings. The molecule has 3 aromatic rings. The number of nitrogens with zero attached hydrogens (tertiary/aromatic N) is 3. The summed E-state index contributed by atoms with van der Waals surface area (Å²) in [6.07, 6.45) is 0.618. The van der Waals surface area contributed by atoms with Gasteiger partial charge in [-0.05, 0) is 25.5 Å². The van der Waals surface area contributed by atoms with Gasteiger partial charge in [0.05, 0.1) is 11.4 Å². The van der Waals surface area contributed by atoms with E-state index in [2.05, 4.69) is 20.5 Å². The van der Waals surface area contributed by atoms with E-state index in [0.29, 0.717) is 30.0 Å². The number of hydrogen-bond acceptors (Lipinski definition) is 7. The first-order valence-corrected chi connectivity index (χ1v) is 9.62. The smallest absolute Gasteiger partial charge is 0.328 e. The van der Waals surface area contributed by atoms with Crippen LogP contribution in [-0.4, -0.2) is 31.4 Å². The highest BCUT2D eigenvalue weighted by Gasteiger charge is 2.14. The van der Waals surface area contributed by atoms with Crippen LogP contribution in [0.2, 0.25) is 0 Å². The van der Waals surface area contributed by atoms with Crippen LogP contribution in [0.3, 0.4) is 0 Å². The number of carbonyl (C=O) groups is 1. The maximum absolute atomic E-state index is 13.5. The number of H-pyrrole nitrogens is 1. The van der Waals surface area contributed by atoms with Gasteiger partial charge in [-0.1, -0.05) is 23.9 Å². The van der Waals surface area contributed by atoms with Crippen LogP contribution in [0, 0.1) is 12.7 Å². The van der Waals surface area contributed by atoms with Crippen molar-refractivity contribution in [2.24, 2.45) is 7.05 Å². The Labute approximate surface area is 168 Å². The maximum Gasteiger partial charge on any atom is 0.328 e. The monoisotopic (exact) mass is 419 g/mol. The van der Waals surface area contributed by atoms with Gasteiger partial charge in [-0.15, -0.1) is 10.2 Å². The van der Waals surface area contributed by atoms with E-state index in [1.54, 1.807) is 13.0 Å². The number of amides is 1. The van der Waals surface area contributed by atoms with Crippen molar-refractivity contribution in [1.82, 2.24) is 19.7 Å². The van der Waals surface area contributed by atoms with Gasteiger partial charge < -0.3 is 14.7 Å². The van der Waals surface area contributed by atoms with E-state index in [-0.39, 0.29) is 22.2 Å². The molecular formula is C18H18FN5O4S. The number of nitrogens with one attached hydrogen (secondary N) is 2. The molecule has 11 heteroatoms. The lowest BCUT2D eigenvalue weighted by molar-refractivity contribution is -0.113. The van der Waals surface area contributed by atoms with E-state index in [0.717, 1.165) is 16.3 Å². The number of carbonyl (C=O) groups excluding carboxylic acids is 1. The highest BCUT2D eigenvalue weighted by Crippen LogP contribution is 2.18. The number of halogens is 1. The summed E-state index contributed by atoms with van der Waals surface area (Å²) in [5, 5.41) is 10.4. The van der Waals surface area contributed by atoms with Crippen LogP contribution in [0.1, 0.15) is 17.1 Å². The summed E-state index contributed by atoms with van der Waals surface area (Å²) in [6.45, 7) is 1.65. The molecule has 3 rings (SSSR count). The van der Waals surface area contributed by atoms with Gasteiger partial charge in [-0.25, -0.2) is 9.18 Å². The zero-order chi connectivity index (χ0) is 21.0. The van der Waals surface area contributed by atoms with Crippen molar-refractivity contribution in [2.45, 2.75) is 25.0 Å². The van der Waals surface area contributed by atoms with Crippen molar-refractivity contribution < 1.29 is 13.6 Å². The standard InChI is InChI=1S/C18H18FN5O4S/c1-10-11(16(26)24(2)17(27)20-10)7-8-15-22-23-18(28-15)29-9-14(25)21-13-6-4-3-5-12(13)19/h3-6H,7-9H2,1-2H3,(H,20,27)(H,21,25). The topological polar surface area (TPSA) is 123 Å². The molecule has 29 heavy (non-hydrogen) atoms. The van der Waals surface area contributed by atoms with Crippen molar-refractivity contribution in [3.05, 3.63) is 68.1 Å². The number of hydrogen-bond donors (Lipinski definition) is 2. The summed E-state index contributed by atoms with van der Waals surface area (Å²) in [5.41, 5.74) is 0.217. The lowest BCUT2D eigenvalue weighted by atomic mass is 10.1. The molecule has 0 aliphatic heterocycles. The summed E-state index contributed by atoms with van der Waals surface area (Å²) in [6, 6.07) is 5.87. The van der Waals surface area contributed by atoms with Gasteiger partial charge in [0.2, 0.25) is 11.8 Å². The number of para-hydroxylation sites is 1. The van der Waals surface area contributed by atoms with Gasteiger partial charge in [0, 0.05) is 24.7 Å². The average molecular weight is 419 g/mol. The molecule has 2 N–H and O–H groups in total. The number of benzene rings is 1. The van der Waals surface area contributed by atoms with Crippen LogP contribution in [0.5, 0.6) is 0 Å². The summed E-state index contributed by atoms with van der Waals surface area (Å²) in [4.78, 5) is 38.3. The average Bonchev–Trinajstić information content (AvgIpc) is 3.14. The van der Waals surface area contributed by atoms with Crippen LogP contribution < -0.4 is 16.6 Å². The fraction of sp³-hybridized carbons (Fsp3) is 0.278. The maximum atomic E-state index is 13.5. The molecule has 0 unspecified atom stereocenters. The van der Waals surface area contributed by atoms with Crippen molar-refractivity contribution in [1.29, 1.82) is 0 Å². The summed E-state index contributed by atoms with van der Waals surface area (Å²) < 4.78 is 20.0. The number of aromatic amines is 1. The fourth-order valence-corrected chi connectivity index (χ4v) is 3.16. The van der Waals surface area contributed by atoms with Gasteiger partial charge >= 0.3 is 5.69 Å². The van der Waals surface area contributed by atoms with Crippen LogP contribution in [0.25, 0.3) is 0 Å². The predicted molar refractivity (Wildman–Crippen MR) is 105 cm³/mol. The predicted octanol–water partition coefficient (Wildman–Crippen LogP) is 1.42. The van der Waals surface area contributed by atoms with Gasteiger partial charge in [0.15, 0.2) is 0 Å². The Balaban J connectivity index is 1.56. The molecule has 9 nitrogen and oxygen atoms in total. The molecule has 152 valence electrons. The van der Waals surface area contributed by atoms with E-state index in [4.69, 9.17) is 4.42 Å². The second-order valence-corrected chi connectivity index (χ2v) is 7.10. The zero-order valence-corrected chi connectivity index (χ0v) is 16.5. The van der Waals surface area contributed by atoms with Crippen LogP contribution in [0.15, 0.2) is 43.5 Å². The number of thioether (sulfide) groups is 1. The Hall–Kier alpha value is -3.21. The number of aromatic nitrogens is 4. The number of rotatable bonds is 7. The third kappa shape index (κ3) is 4.99. The molecule has 0 bridgehead atoms. The van der Waals surface area contributed by atoms with E-state index in [1.807, 2.05) is 0 Å². The number of anilines is 1. The van der Waals surface area contributed by atoms with Crippen molar-refractivity contribution in [3.63, 3.8) is 0 Å². The Bertz CT molecular complexity index is 1150. The van der Waals surface area contributed by atoms with Gasteiger partial charge in [0.1, 0.15) is 5.82 Å². The molecule has 0 saturated carbocycles. The third-order valence-electron chi connectivity index (χ3n) is 4.13. The van der Waals surface area contributed by atoms with E-state index in [1.165, 1.54) is 25.2 Å².